The summed E-state index contributed by atoms with van der Waals surface area (Å²) in [6.45, 7) is 0. The summed E-state index contributed by atoms with van der Waals surface area (Å²) in [5.74, 6) is -1.65. The van der Waals surface area contributed by atoms with E-state index < -0.39 is 24.0 Å². The van der Waals surface area contributed by atoms with Crippen LogP contribution in [-0.2, 0) is 9.59 Å². The maximum absolute atomic E-state index is 12.7. The molecule has 1 saturated carbocycles. The van der Waals surface area contributed by atoms with Crippen LogP contribution < -0.4 is 11.1 Å². The van der Waals surface area contributed by atoms with Crippen molar-refractivity contribution in [3.8, 4) is 0 Å². The monoisotopic (exact) mass is 199 g/mol. The number of halogens is 1. The van der Waals surface area contributed by atoms with Gasteiger partial charge in [-0.3, -0.25) is 9.59 Å². The predicted octanol–water partition coefficient (Wildman–Crippen LogP) is -0.883. The molecule has 0 saturated heterocycles. The number of carbonyl (C=O) groups excluding carboxylic acids is 2. The molecule has 0 spiro atoms. The summed E-state index contributed by atoms with van der Waals surface area (Å²) in [5, 5.41) is 2.21. The molecule has 2 aliphatic rings. The molecule has 1 aliphatic heterocycles. The highest BCUT2D eigenvalue weighted by molar-refractivity contribution is 6.18. The Morgan fingerprint density at radius 3 is 2.64 bits per heavy atom. The number of nitrogens with zero attached hydrogens (tertiary/aromatic N) is 1. The molecule has 0 aromatic carbocycles. The number of hydrogen-bond donors (Lipinski definition) is 2. The Balaban J connectivity index is 2.15. The summed E-state index contributed by atoms with van der Waals surface area (Å²) < 4.78 is 12.7. The minimum atomic E-state index is -2.18. The third kappa shape index (κ3) is 1.52. The van der Waals surface area contributed by atoms with Crippen LogP contribution in [0.25, 0.3) is 0 Å². The van der Waals surface area contributed by atoms with Gasteiger partial charge in [-0.1, -0.05) is 0 Å². The lowest BCUT2D eigenvalue weighted by Crippen LogP contribution is -2.52. The van der Waals surface area contributed by atoms with Crippen molar-refractivity contribution in [3.63, 3.8) is 0 Å². The summed E-state index contributed by atoms with van der Waals surface area (Å²) in [4.78, 5) is 25.2. The molecular weight excluding hydrogens is 189 g/mol. The molecular formula is C8H10FN3O2. The topological polar surface area (TPSA) is 84.5 Å². The Hall–Kier alpha value is -1.30. The second-order valence-corrected chi connectivity index (χ2v) is 3.55. The van der Waals surface area contributed by atoms with Crippen molar-refractivity contribution in [3.05, 3.63) is 0 Å². The minimum Gasteiger partial charge on any atom is -0.321 e. The maximum Gasteiger partial charge on any atom is 0.291 e. The van der Waals surface area contributed by atoms with E-state index in [2.05, 4.69) is 10.3 Å². The van der Waals surface area contributed by atoms with Gasteiger partial charge >= 0.3 is 0 Å². The van der Waals surface area contributed by atoms with Crippen LogP contribution in [0.5, 0.6) is 0 Å². The van der Waals surface area contributed by atoms with Gasteiger partial charge in [-0.2, -0.15) is 4.99 Å². The standard InChI is InChI=1S/C8H10FN3O2/c9-4-7(13)11-6(12-8(4)14)5(10)3-1-2-3/h3-5H,1-2,10H2,(H,11,12,13,14). The van der Waals surface area contributed by atoms with E-state index in [0.29, 0.717) is 0 Å². The van der Waals surface area contributed by atoms with Crippen LogP contribution in [0.4, 0.5) is 4.39 Å². The SMILES string of the molecule is NC(C1=NC(=O)C(F)C(=O)N1)C1CC1. The molecule has 2 unspecified atom stereocenters. The highest BCUT2D eigenvalue weighted by Gasteiger charge is 2.38. The van der Waals surface area contributed by atoms with Crippen LogP contribution in [0.1, 0.15) is 12.8 Å². The first-order valence-electron chi connectivity index (χ1n) is 4.42. The van der Waals surface area contributed by atoms with Gasteiger partial charge in [0.1, 0.15) is 5.84 Å². The van der Waals surface area contributed by atoms with Crippen LogP contribution >= 0.6 is 0 Å². The third-order valence-corrected chi connectivity index (χ3v) is 2.37. The van der Waals surface area contributed by atoms with Crippen LogP contribution in [0.3, 0.4) is 0 Å². The number of amidine groups is 1. The van der Waals surface area contributed by atoms with E-state index >= 15 is 0 Å². The van der Waals surface area contributed by atoms with E-state index in [9.17, 15) is 14.0 Å². The third-order valence-electron chi connectivity index (χ3n) is 2.37. The normalized spacial score (nSPS) is 29.6. The number of nitrogens with one attached hydrogen (secondary N) is 1. The number of alkyl halides is 1. The number of aliphatic imine (C=N–C) groups is 1. The number of carbonyl (C=O) groups is 2. The lowest BCUT2D eigenvalue weighted by Gasteiger charge is -2.19. The molecule has 2 rings (SSSR count). The van der Waals surface area contributed by atoms with Gasteiger partial charge < -0.3 is 11.1 Å². The van der Waals surface area contributed by atoms with Crippen molar-refractivity contribution in [1.82, 2.24) is 5.32 Å². The molecule has 14 heavy (non-hydrogen) atoms. The number of rotatable bonds is 2. The van der Waals surface area contributed by atoms with Crippen molar-refractivity contribution in [2.24, 2.45) is 16.6 Å². The number of hydrogen-bond acceptors (Lipinski definition) is 3. The molecule has 5 nitrogen and oxygen atoms in total. The quantitative estimate of drug-likeness (QED) is 0.566. The lowest BCUT2D eigenvalue weighted by molar-refractivity contribution is -0.134. The van der Waals surface area contributed by atoms with Crippen LogP contribution in [0, 0.1) is 5.92 Å². The van der Waals surface area contributed by atoms with Gasteiger partial charge in [-0.05, 0) is 18.8 Å². The zero-order valence-corrected chi connectivity index (χ0v) is 7.37. The summed E-state index contributed by atoms with van der Waals surface area (Å²) >= 11 is 0. The first kappa shape index (κ1) is 9.26. The van der Waals surface area contributed by atoms with Crippen molar-refractivity contribution in [2.75, 3.05) is 0 Å². The largest absolute Gasteiger partial charge is 0.321 e. The summed E-state index contributed by atoms with van der Waals surface area (Å²) in [6, 6.07) is -0.449. The highest BCUT2D eigenvalue weighted by Crippen LogP contribution is 2.32. The van der Waals surface area contributed by atoms with Gasteiger partial charge in [-0.15, -0.1) is 0 Å². The second-order valence-electron chi connectivity index (χ2n) is 3.55. The molecule has 1 aliphatic carbocycles. The molecule has 3 N–H and O–H groups in total. The molecule has 1 heterocycles. The Bertz CT molecular complexity index is 325. The minimum absolute atomic E-state index is 0.108. The average Bonchev–Trinajstić information content (AvgIpc) is 2.95. The summed E-state index contributed by atoms with van der Waals surface area (Å²) in [6.07, 6.45) is -0.253. The molecule has 1 fully saturated rings. The summed E-state index contributed by atoms with van der Waals surface area (Å²) in [5.41, 5.74) is 5.70. The molecule has 0 radical (unpaired) electrons. The number of amides is 2. The average molecular weight is 199 g/mol. The van der Waals surface area contributed by atoms with Gasteiger partial charge in [0, 0.05) is 0 Å². The molecule has 2 amide bonds. The van der Waals surface area contributed by atoms with E-state index in [1.54, 1.807) is 0 Å². The van der Waals surface area contributed by atoms with E-state index in [0.717, 1.165) is 12.8 Å². The van der Waals surface area contributed by atoms with Crippen molar-refractivity contribution >= 4 is 17.6 Å². The molecule has 0 aromatic heterocycles. The van der Waals surface area contributed by atoms with Crippen LogP contribution in [0.2, 0.25) is 0 Å². The van der Waals surface area contributed by atoms with E-state index in [4.69, 9.17) is 5.73 Å². The van der Waals surface area contributed by atoms with Gasteiger partial charge in [0.15, 0.2) is 0 Å². The molecule has 6 heteroatoms. The predicted molar refractivity (Wildman–Crippen MR) is 46.2 cm³/mol. The lowest BCUT2D eigenvalue weighted by atomic mass is 10.1. The van der Waals surface area contributed by atoms with Gasteiger partial charge in [0.05, 0.1) is 6.04 Å². The Morgan fingerprint density at radius 2 is 2.14 bits per heavy atom. The first-order valence-corrected chi connectivity index (χ1v) is 4.42. The van der Waals surface area contributed by atoms with E-state index in [-0.39, 0.29) is 11.8 Å². The fourth-order valence-electron chi connectivity index (χ4n) is 1.34. The zero-order chi connectivity index (χ0) is 10.3. The Morgan fingerprint density at radius 1 is 1.50 bits per heavy atom. The molecule has 0 bridgehead atoms. The van der Waals surface area contributed by atoms with E-state index in [1.807, 2.05) is 0 Å². The first-order chi connectivity index (χ1) is 6.59. The van der Waals surface area contributed by atoms with Gasteiger partial charge in [-0.25, -0.2) is 4.39 Å². The fourth-order valence-corrected chi connectivity index (χ4v) is 1.34. The zero-order valence-electron chi connectivity index (χ0n) is 7.37. The molecule has 2 atom stereocenters. The van der Waals surface area contributed by atoms with E-state index in [1.165, 1.54) is 0 Å². The molecule has 0 aromatic rings. The van der Waals surface area contributed by atoms with Crippen molar-refractivity contribution < 1.29 is 14.0 Å². The Labute approximate surface area is 79.6 Å². The highest BCUT2D eigenvalue weighted by atomic mass is 19.1. The molecule has 76 valence electrons. The maximum atomic E-state index is 12.7. The second kappa shape index (κ2) is 3.13. The van der Waals surface area contributed by atoms with Gasteiger partial charge in [0.25, 0.3) is 18.0 Å². The van der Waals surface area contributed by atoms with Crippen LogP contribution in [-0.4, -0.2) is 29.9 Å². The number of nitrogens with two attached hydrogens (primary N) is 1. The van der Waals surface area contributed by atoms with Crippen LogP contribution in [0.15, 0.2) is 4.99 Å². The smallest absolute Gasteiger partial charge is 0.291 e. The van der Waals surface area contributed by atoms with Gasteiger partial charge in [0.2, 0.25) is 0 Å². The summed E-state index contributed by atoms with van der Waals surface area (Å²) in [7, 11) is 0. The van der Waals surface area contributed by atoms with Crippen molar-refractivity contribution in [2.45, 2.75) is 25.1 Å². The van der Waals surface area contributed by atoms with Crippen molar-refractivity contribution in [1.29, 1.82) is 0 Å². The Kier molecular flexibility index (Phi) is 2.07. The fraction of sp³-hybridized carbons (Fsp3) is 0.625.